The van der Waals surface area contributed by atoms with Crippen molar-refractivity contribution in [2.24, 2.45) is 0 Å². The van der Waals surface area contributed by atoms with Crippen LogP contribution in [0.2, 0.25) is 0 Å². The van der Waals surface area contributed by atoms with E-state index in [2.05, 4.69) is 136 Å². The van der Waals surface area contributed by atoms with Gasteiger partial charge in [-0.3, -0.25) is 0 Å². The smallest absolute Gasteiger partial charge is 0.509 e. The summed E-state index contributed by atoms with van der Waals surface area (Å²) in [5.41, 5.74) is 13.5. The second-order valence-electron chi connectivity index (χ2n) is 18.5. The van der Waals surface area contributed by atoms with Gasteiger partial charge in [-0.05, 0) is 104 Å². The number of nitrogens with zero attached hydrogens (tertiary/aromatic N) is 4. The molecule has 0 saturated heterocycles. The summed E-state index contributed by atoms with van der Waals surface area (Å²) in [6.45, 7) is 11.0. The van der Waals surface area contributed by atoms with Gasteiger partial charge in [-0.1, -0.05) is 142 Å². The van der Waals surface area contributed by atoms with E-state index in [4.69, 9.17) is 9.72 Å². The van der Waals surface area contributed by atoms with E-state index in [0.717, 1.165) is 85.8 Å². The molecule has 0 unspecified atom stereocenters. The molecule has 1 aliphatic heterocycles. The SMILES string of the molecule is CCc1cccc(CC)c1-c1cc(Oc2[c-]c3c(cc2)c2ccccc2n3-c2cc(C(C)(C)C)ccn2)[c-]c([N+]2=C=[N+](c3c(-c4ccccc4)cccc3-c3cc(F)cc(F)c3)c3ccccc32)c1.[Pt+2]. The van der Waals surface area contributed by atoms with Gasteiger partial charge in [0.05, 0.1) is 11.1 Å². The maximum Gasteiger partial charge on any atom is 2.00 e. The predicted octanol–water partition coefficient (Wildman–Crippen LogP) is 16.1. The second-order valence-corrected chi connectivity index (χ2v) is 18.5. The molecule has 11 rings (SSSR count). The Morgan fingerprint density at radius 2 is 1.26 bits per heavy atom. The summed E-state index contributed by atoms with van der Waals surface area (Å²) < 4.78 is 43.2. The first kappa shape index (κ1) is 46.2. The number of hydrogen-bond acceptors (Lipinski definition) is 2. The van der Waals surface area contributed by atoms with Crippen LogP contribution in [0.3, 0.4) is 0 Å². The largest absolute Gasteiger partial charge is 2.00 e. The van der Waals surface area contributed by atoms with Crippen molar-refractivity contribution in [3.8, 4) is 50.7 Å². The van der Waals surface area contributed by atoms with E-state index in [0.29, 0.717) is 28.3 Å². The summed E-state index contributed by atoms with van der Waals surface area (Å²) in [6.07, 6.45) is 3.56. The molecule has 5 nitrogen and oxygen atoms in total. The van der Waals surface area contributed by atoms with Gasteiger partial charge < -0.3 is 9.30 Å². The van der Waals surface area contributed by atoms with Gasteiger partial charge in [0, 0.05) is 41.4 Å². The molecule has 2 aromatic heterocycles. The number of ether oxygens (including phenoxy) is 1. The summed E-state index contributed by atoms with van der Waals surface area (Å²) in [6, 6.07) is 66.1. The molecule has 0 saturated carbocycles. The molecule has 10 aromatic rings. The van der Waals surface area contributed by atoms with Crippen molar-refractivity contribution in [2.45, 2.75) is 52.9 Å². The molecule has 0 radical (unpaired) electrons. The number of fused-ring (bicyclic) bond motifs is 4. The average Bonchev–Trinajstić information content (AvgIpc) is 3.91. The van der Waals surface area contributed by atoms with Crippen LogP contribution in [0.25, 0.3) is 61.0 Å². The fourth-order valence-electron chi connectivity index (χ4n) is 9.74. The molecule has 3 heterocycles. The van der Waals surface area contributed by atoms with Gasteiger partial charge >= 0.3 is 27.1 Å². The summed E-state index contributed by atoms with van der Waals surface area (Å²) in [5.74, 6) is 0.528. The monoisotopic (exact) mass is 1100 g/mol. The molecule has 0 N–H and O–H groups in total. The Hall–Kier alpha value is -7.56. The first-order valence-corrected chi connectivity index (χ1v) is 23.5. The molecular formula is C62H48F2N4OPt+2. The summed E-state index contributed by atoms with van der Waals surface area (Å²) >= 11 is 0. The molecule has 0 atom stereocenters. The summed E-state index contributed by atoms with van der Waals surface area (Å²) in [5, 5.41) is 2.14. The minimum atomic E-state index is -0.653. The fraction of sp³-hybridized carbons (Fsp3) is 0.129. The maximum absolute atomic E-state index is 15.0. The van der Waals surface area contributed by atoms with Crippen molar-refractivity contribution in [3.63, 3.8) is 0 Å². The summed E-state index contributed by atoms with van der Waals surface area (Å²) in [7, 11) is 0. The first-order chi connectivity index (χ1) is 33.6. The Labute approximate surface area is 421 Å². The normalized spacial score (nSPS) is 12.2. The van der Waals surface area contributed by atoms with Crippen LogP contribution in [-0.4, -0.2) is 15.6 Å². The van der Waals surface area contributed by atoms with Gasteiger partial charge in [-0.2, -0.15) is 6.07 Å². The summed E-state index contributed by atoms with van der Waals surface area (Å²) in [4.78, 5) is 4.89. The standard InChI is InChI=1S/C62H48F2N4O.Pt/c1-6-40-19-15-20-41(7-2)60(40)44-33-48(37-50(34-44)69-49-27-28-54-53-21-11-12-24-55(53)68(58(54)38-49)59-35-45(29-30-65-59)62(3,4)5)66-39-67(57-26-14-13-25-56(57)66)61-51(42-17-9-8-10-18-42)22-16-23-52(61)43-31-46(63)36-47(64)32-43;/h8-36H,6-7H2,1-5H3;/q;+2. The zero-order chi connectivity index (χ0) is 47.4. The van der Waals surface area contributed by atoms with Crippen LogP contribution in [0, 0.1) is 23.8 Å². The van der Waals surface area contributed by atoms with E-state index >= 15 is 8.78 Å². The number of hydrogen-bond donors (Lipinski definition) is 0. The predicted molar refractivity (Wildman–Crippen MR) is 277 cm³/mol. The van der Waals surface area contributed by atoms with Crippen molar-refractivity contribution < 1.29 is 34.6 Å². The minimum absolute atomic E-state index is 0. The van der Waals surface area contributed by atoms with Crippen LogP contribution < -0.4 is 13.9 Å². The topological polar surface area (TPSA) is 33.1 Å². The number of rotatable bonds is 10. The van der Waals surface area contributed by atoms with Gasteiger partial charge in [0.15, 0.2) is 0 Å². The molecule has 0 fully saturated rings. The zero-order valence-electron chi connectivity index (χ0n) is 39.4. The number of halogens is 2. The molecular weight excluding hydrogens is 1050 g/mol. The van der Waals surface area contributed by atoms with Gasteiger partial charge in [0.25, 0.3) is 11.4 Å². The van der Waals surface area contributed by atoms with E-state index in [-0.39, 0.29) is 26.5 Å². The van der Waals surface area contributed by atoms with Crippen molar-refractivity contribution in [1.29, 1.82) is 0 Å². The molecule has 0 spiro atoms. The minimum Gasteiger partial charge on any atom is -0.509 e. The van der Waals surface area contributed by atoms with Crippen molar-refractivity contribution >= 4 is 50.6 Å². The van der Waals surface area contributed by atoms with Crippen LogP contribution in [0.4, 0.5) is 31.5 Å². The molecule has 0 bridgehead atoms. The number of benzene rings is 8. The van der Waals surface area contributed by atoms with Crippen LogP contribution in [-0.2, 0) is 39.3 Å². The Morgan fingerprint density at radius 3 is 1.97 bits per heavy atom. The van der Waals surface area contributed by atoms with Crippen LogP contribution in [0.1, 0.15) is 51.3 Å². The van der Waals surface area contributed by atoms with Crippen LogP contribution >= 0.6 is 0 Å². The Morgan fingerprint density at radius 1 is 0.600 bits per heavy atom. The Balaban J connectivity index is 0.00000567. The number of aryl methyl sites for hydroxylation is 2. The van der Waals surface area contributed by atoms with Gasteiger partial charge in [0.2, 0.25) is 5.69 Å². The van der Waals surface area contributed by atoms with Crippen molar-refractivity contribution in [2.75, 3.05) is 0 Å². The van der Waals surface area contributed by atoms with E-state index < -0.39 is 11.6 Å². The molecule has 8 aromatic carbocycles. The zero-order valence-corrected chi connectivity index (χ0v) is 41.7. The third-order valence-electron chi connectivity index (χ3n) is 13.1. The number of pyridine rings is 1. The Bertz CT molecular complexity index is 3690. The molecule has 344 valence electrons. The second kappa shape index (κ2) is 18.7. The third kappa shape index (κ3) is 8.40. The molecule has 8 heteroatoms. The van der Waals surface area contributed by atoms with Crippen LogP contribution in [0.15, 0.2) is 176 Å². The van der Waals surface area contributed by atoms with Gasteiger partial charge in [0.1, 0.15) is 23.1 Å². The fourth-order valence-corrected chi connectivity index (χ4v) is 9.74. The van der Waals surface area contributed by atoms with E-state index in [1.165, 1.54) is 28.8 Å². The van der Waals surface area contributed by atoms with Gasteiger partial charge in [-0.25, -0.2) is 13.8 Å². The Kier molecular flexibility index (Phi) is 12.4. The number of aromatic nitrogens is 2. The van der Waals surface area contributed by atoms with E-state index in [1.807, 2.05) is 88.1 Å². The van der Waals surface area contributed by atoms with Crippen LogP contribution in [0.5, 0.6) is 11.5 Å². The molecule has 0 aliphatic carbocycles. The number of para-hydroxylation sites is 4. The average molecular weight is 1100 g/mol. The van der Waals surface area contributed by atoms with E-state index in [1.54, 1.807) is 0 Å². The first-order valence-electron chi connectivity index (χ1n) is 23.5. The molecule has 0 amide bonds. The molecule has 1 aliphatic rings. The quantitative estimate of drug-likeness (QED) is 0.101. The van der Waals surface area contributed by atoms with Crippen molar-refractivity contribution in [3.05, 3.63) is 217 Å². The van der Waals surface area contributed by atoms with E-state index in [9.17, 15) is 0 Å². The third-order valence-corrected chi connectivity index (χ3v) is 13.1. The van der Waals surface area contributed by atoms with Crippen molar-refractivity contribution in [1.82, 2.24) is 18.7 Å². The molecule has 70 heavy (non-hydrogen) atoms. The maximum atomic E-state index is 15.0. The van der Waals surface area contributed by atoms with Gasteiger partial charge in [-0.15, -0.1) is 29.1 Å².